The molecule has 4 heterocycles. The maximum absolute atomic E-state index is 14.7. The van der Waals surface area contributed by atoms with Gasteiger partial charge in [-0.1, -0.05) is 32.9 Å². The van der Waals surface area contributed by atoms with Gasteiger partial charge in [-0.15, -0.1) is 0 Å². The number of nitrogens with zero attached hydrogens (tertiary/aromatic N) is 2. The van der Waals surface area contributed by atoms with E-state index in [0.717, 1.165) is 6.08 Å². The maximum atomic E-state index is 14.7. The topological polar surface area (TPSA) is 222 Å². The molecule has 1 aromatic carbocycles. The van der Waals surface area contributed by atoms with Crippen molar-refractivity contribution >= 4 is 30.2 Å². The number of halogens is 1. The number of ether oxygens (including phenoxy) is 9. The summed E-state index contributed by atoms with van der Waals surface area (Å²) in [7, 11) is 7.06. The molecule has 0 spiro atoms. The molecule has 5 rings (SSSR count). The Morgan fingerprint density at radius 2 is 1.64 bits per heavy atom. The SMILES string of the molecule is CC[C@H]1OC(=O)[C@@H](C)[C@H](O[C@H]2C[C@@](C)(OC)[C@@H](OC(=O)NNC(=O)/C=C/c3ccc(F)cc3)[C@H](C)O2)[C@@H](C)[C@H](O[C@H]2O[C@@H](C)C[C@@H](N(C)C)[C@@H]2O)[C@@](C)(O)C[C@H](C)CN(C)[C@@H](C)[C@@H]2OC(=O)O[C@@]12C. The first-order valence-electron chi connectivity index (χ1n) is 24.0. The largest absolute Gasteiger partial charge is 0.509 e. The minimum atomic E-state index is -1.64. The molecular formula is C49H77FN4O15. The number of nitrogens with one attached hydrogen (secondary N) is 2. The lowest BCUT2D eigenvalue weighted by molar-refractivity contribution is -0.317. The van der Waals surface area contributed by atoms with E-state index in [0.29, 0.717) is 18.5 Å². The molecule has 390 valence electrons. The Morgan fingerprint density at radius 1 is 0.971 bits per heavy atom. The molecule has 0 aromatic heterocycles. The monoisotopic (exact) mass is 981 g/mol. The second-order valence-electron chi connectivity index (χ2n) is 20.4. The number of cyclic esters (lactones) is 1. The van der Waals surface area contributed by atoms with Gasteiger partial charge in [-0.3, -0.25) is 19.9 Å². The van der Waals surface area contributed by atoms with Crippen LogP contribution in [0.3, 0.4) is 0 Å². The Morgan fingerprint density at radius 3 is 2.26 bits per heavy atom. The normalized spacial score (nSPS) is 40.7. The zero-order chi connectivity index (χ0) is 51.3. The van der Waals surface area contributed by atoms with E-state index in [-0.39, 0.29) is 37.3 Å². The maximum Gasteiger partial charge on any atom is 0.509 e. The summed E-state index contributed by atoms with van der Waals surface area (Å²) in [5, 5.41) is 24.5. The van der Waals surface area contributed by atoms with Crippen molar-refractivity contribution in [3.63, 3.8) is 0 Å². The summed E-state index contributed by atoms with van der Waals surface area (Å²) in [5.74, 6) is -3.95. The van der Waals surface area contributed by atoms with Crippen LogP contribution >= 0.6 is 0 Å². The molecule has 0 unspecified atom stereocenters. The van der Waals surface area contributed by atoms with E-state index >= 15 is 0 Å². The molecule has 4 aliphatic heterocycles. The second-order valence-corrected chi connectivity index (χ2v) is 20.4. The minimum absolute atomic E-state index is 0.0379. The molecule has 4 N–H and O–H groups in total. The molecule has 0 aliphatic carbocycles. The third-order valence-corrected chi connectivity index (χ3v) is 14.4. The van der Waals surface area contributed by atoms with Crippen molar-refractivity contribution in [2.45, 2.75) is 185 Å². The van der Waals surface area contributed by atoms with E-state index in [2.05, 4.69) is 10.9 Å². The van der Waals surface area contributed by atoms with Crippen LogP contribution in [0.15, 0.2) is 30.3 Å². The van der Waals surface area contributed by atoms with Gasteiger partial charge in [0.15, 0.2) is 30.4 Å². The predicted molar refractivity (Wildman–Crippen MR) is 248 cm³/mol. The first kappa shape index (κ1) is 55.9. The summed E-state index contributed by atoms with van der Waals surface area (Å²) in [5.41, 5.74) is 0.745. The van der Waals surface area contributed by atoms with Crippen molar-refractivity contribution < 1.29 is 76.4 Å². The molecule has 4 aliphatic rings. The number of benzene rings is 1. The van der Waals surface area contributed by atoms with Crippen LogP contribution in [0.1, 0.15) is 100 Å². The third kappa shape index (κ3) is 13.3. The second kappa shape index (κ2) is 23.0. The van der Waals surface area contributed by atoms with Gasteiger partial charge in [0.1, 0.15) is 23.6 Å². The average molecular weight is 981 g/mol. The molecule has 0 radical (unpaired) electrons. The van der Waals surface area contributed by atoms with Gasteiger partial charge >= 0.3 is 18.2 Å². The van der Waals surface area contributed by atoms with Crippen molar-refractivity contribution in [1.29, 1.82) is 0 Å². The fraction of sp³-hybridized carbons (Fsp3) is 0.755. The van der Waals surface area contributed by atoms with Crippen molar-refractivity contribution in [2.24, 2.45) is 17.8 Å². The summed E-state index contributed by atoms with van der Waals surface area (Å²) >= 11 is 0. The molecule has 4 saturated heterocycles. The summed E-state index contributed by atoms with van der Waals surface area (Å²) in [6.45, 7) is 18.2. The number of carbonyl (C=O) groups excluding carboxylic acids is 4. The highest BCUT2D eigenvalue weighted by Crippen LogP contribution is 2.42. The zero-order valence-electron chi connectivity index (χ0n) is 42.6. The Balaban J connectivity index is 1.47. The van der Waals surface area contributed by atoms with Gasteiger partial charge < -0.3 is 57.7 Å². The van der Waals surface area contributed by atoms with Crippen LogP contribution < -0.4 is 10.9 Å². The molecule has 1 aromatic rings. The highest BCUT2D eigenvalue weighted by molar-refractivity contribution is 5.92. The van der Waals surface area contributed by atoms with Gasteiger partial charge in [0.2, 0.25) is 0 Å². The van der Waals surface area contributed by atoms with Crippen LogP contribution in [0.5, 0.6) is 0 Å². The number of fused-ring (bicyclic) bond motifs is 1. The zero-order valence-corrected chi connectivity index (χ0v) is 42.6. The number of aliphatic hydroxyl groups excluding tert-OH is 1. The van der Waals surface area contributed by atoms with Gasteiger partial charge in [-0.25, -0.2) is 19.4 Å². The van der Waals surface area contributed by atoms with Crippen LogP contribution in [0.2, 0.25) is 0 Å². The van der Waals surface area contributed by atoms with Crippen molar-refractivity contribution in [1.82, 2.24) is 20.7 Å². The number of aliphatic hydroxyl groups is 2. The average Bonchev–Trinajstić information content (AvgIpc) is 3.59. The van der Waals surface area contributed by atoms with Gasteiger partial charge in [0, 0.05) is 44.2 Å². The van der Waals surface area contributed by atoms with Gasteiger partial charge in [-0.2, -0.15) is 0 Å². The van der Waals surface area contributed by atoms with Gasteiger partial charge in [0.05, 0.1) is 35.9 Å². The van der Waals surface area contributed by atoms with Crippen LogP contribution in [0, 0.1) is 23.6 Å². The minimum Gasteiger partial charge on any atom is -0.458 e. The Labute approximate surface area is 405 Å². The van der Waals surface area contributed by atoms with Crippen molar-refractivity contribution in [3.8, 4) is 0 Å². The molecule has 4 fully saturated rings. The molecule has 69 heavy (non-hydrogen) atoms. The lowest BCUT2D eigenvalue weighted by Crippen LogP contribution is -2.61. The first-order valence-corrected chi connectivity index (χ1v) is 24.0. The summed E-state index contributed by atoms with van der Waals surface area (Å²) in [6, 6.07) is 4.74. The molecule has 20 heteroatoms. The molecule has 18 atom stereocenters. The Kier molecular flexibility index (Phi) is 18.7. The van der Waals surface area contributed by atoms with E-state index in [1.54, 1.807) is 41.5 Å². The van der Waals surface area contributed by atoms with E-state index in [1.165, 1.54) is 37.5 Å². The molecular weight excluding hydrogens is 904 g/mol. The van der Waals surface area contributed by atoms with Gasteiger partial charge in [0.25, 0.3) is 5.91 Å². The number of hydrogen-bond acceptors (Lipinski definition) is 17. The number of rotatable bonds is 10. The summed E-state index contributed by atoms with van der Waals surface area (Å²) < 4.78 is 69.4. The Hall–Kier alpha value is -3.99. The van der Waals surface area contributed by atoms with E-state index in [9.17, 15) is 33.8 Å². The lowest BCUT2D eigenvalue weighted by Gasteiger charge is -2.49. The molecule has 2 amide bonds. The number of carbonyl (C=O) groups is 4. The smallest absolute Gasteiger partial charge is 0.458 e. The standard InChI is InChI=1S/C49H77FN4O15/c1-15-35-49(10)41(68-46(59)69-49)30(6)54(13)25-26(2)23-47(8,60)40(66-44-38(56)34(53(11)12)22-27(3)62-44)28(4)39(29(5)43(57)64-35)65-37-24-48(9,61-14)42(31(7)63-37)67-45(58)52-51-36(55)21-18-32-16-19-33(50)20-17-32/h16-21,26-31,34-35,37-42,44,56,60H,15,22-25H2,1-14H3,(H,51,55)(H,52,58)/b21-18+/t26-,27-,28+,29-,30-,31-,34+,35+,37-,38-,39+,40-,41-,42-,44+,47-,48+,49-/m0/s1. The van der Waals surface area contributed by atoms with E-state index in [4.69, 9.17) is 42.6 Å². The lowest BCUT2D eigenvalue weighted by atomic mass is 9.77. The number of methoxy groups -OCH3 is 1. The third-order valence-electron chi connectivity index (χ3n) is 14.4. The fourth-order valence-electron chi connectivity index (χ4n) is 10.6. The number of likely N-dealkylation sites (N-methyl/N-ethyl adjacent to an activating group) is 2. The van der Waals surface area contributed by atoms with E-state index < -0.39 is 120 Å². The molecule has 0 bridgehead atoms. The first-order chi connectivity index (χ1) is 32.2. The number of amides is 2. The number of hydrogen-bond donors (Lipinski definition) is 4. The quantitative estimate of drug-likeness (QED) is 0.108. The van der Waals surface area contributed by atoms with Gasteiger partial charge in [-0.05, 0) is 119 Å². The highest BCUT2D eigenvalue weighted by atomic mass is 19.1. The van der Waals surface area contributed by atoms with Crippen molar-refractivity contribution in [3.05, 3.63) is 41.7 Å². The number of hydrazine groups is 1. The summed E-state index contributed by atoms with van der Waals surface area (Å²) in [6.07, 6.45) is -8.07. The van der Waals surface area contributed by atoms with Crippen LogP contribution in [-0.4, -0.2) is 169 Å². The van der Waals surface area contributed by atoms with Crippen LogP contribution in [-0.2, 0) is 52.2 Å². The molecule has 0 saturated carbocycles. The van der Waals surface area contributed by atoms with Crippen LogP contribution in [0.25, 0.3) is 6.08 Å². The fourth-order valence-corrected chi connectivity index (χ4v) is 10.6. The van der Waals surface area contributed by atoms with Crippen molar-refractivity contribution in [2.75, 3.05) is 34.8 Å². The molecule has 19 nitrogen and oxygen atoms in total. The summed E-state index contributed by atoms with van der Waals surface area (Å²) in [4.78, 5) is 57.1. The highest BCUT2D eigenvalue weighted by Gasteiger charge is 2.58. The Bertz CT molecular complexity index is 1940. The number of esters is 1. The van der Waals surface area contributed by atoms with Crippen LogP contribution in [0.4, 0.5) is 14.0 Å². The predicted octanol–water partition coefficient (Wildman–Crippen LogP) is 4.70. The van der Waals surface area contributed by atoms with E-state index in [1.807, 2.05) is 58.6 Å².